The van der Waals surface area contributed by atoms with Gasteiger partial charge < -0.3 is 10.1 Å². The van der Waals surface area contributed by atoms with Gasteiger partial charge in [0.05, 0.1) is 7.11 Å². The molecule has 0 saturated carbocycles. The number of hydrogen-bond donors (Lipinski definition) is 1. The summed E-state index contributed by atoms with van der Waals surface area (Å²) in [4.78, 5) is 0. The van der Waals surface area contributed by atoms with E-state index in [0.717, 1.165) is 18.8 Å². The molecule has 0 radical (unpaired) electrons. The van der Waals surface area contributed by atoms with Gasteiger partial charge >= 0.3 is 0 Å². The fourth-order valence-corrected chi connectivity index (χ4v) is 1.51. The molecular formula is C10H14ClNO. The third-order valence-electron chi connectivity index (χ3n) is 2.36. The number of methoxy groups -OCH3 is 1. The minimum absolute atomic E-state index is 0. The molecule has 3 heteroatoms. The Bertz CT molecular complexity index is 273. The first-order valence-corrected chi connectivity index (χ1v) is 4.25. The Morgan fingerprint density at radius 3 is 2.54 bits per heavy atom. The number of para-hydroxylation sites is 1. The highest BCUT2D eigenvalue weighted by atomic mass is 35.5. The zero-order valence-electron chi connectivity index (χ0n) is 7.62. The first kappa shape index (κ1) is 10.4. The third-order valence-corrected chi connectivity index (χ3v) is 2.36. The van der Waals surface area contributed by atoms with Gasteiger partial charge in [-0.3, -0.25) is 0 Å². The average Bonchev–Trinajstić information content (AvgIpc) is 2.02. The van der Waals surface area contributed by atoms with E-state index in [4.69, 9.17) is 4.74 Å². The van der Waals surface area contributed by atoms with Crippen LogP contribution in [0.25, 0.3) is 0 Å². The lowest BCUT2D eigenvalue weighted by Gasteiger charge is -2.28. The second kappa shape index (κ2) is 4.49. The van der Waals surface area contributed by atoms with Gasteiger partial charge in [0.15, 0.2) is 0 Å². The van der Waals surface area contributed by atoms with Crippen molar-refractivity contribution in [2.45, 2.75) is 5.92 Å². The van der Waals surface area contributed by atoms with Crippen LogP contribution in [0.1, 0.15) is 11.5 Å². The fraction of sp³-hybridized carbons (Fsp3) is 0.400. The number of hydrogen-bond acceptors (Lipinski definition) is 2. The largest absolute Gasteiger partial charge is 0.496 e. The molecule has 0 unspecified atom stereocenters. The van der Waals surface area contributed by atoms with Crippen molar-refractivity contribution in [2.75, 3.05) is 20.2 Å². The molecule has 0 amide bonds. The summed E-state index contributed by atoms with van der Waals surface area (Å²) in [5.74, 6) is 1.67. The molecule has 0 atom stereocenters. The first-order chi connectivity index (χ1) is 5.92. The highest BCUT2D eigenvalue weighted by Crippen LogP contribution is 2.28. The number of nitrogens with one attached hydrogen (secondary N) is 1. The number of halogens is 1. The maximum atomic E-state index is 5.27. The number of ether oxygens (including phenoxy) is 1. The quantitative estimate of drug-likeness (QED) is 0.785. The van der Waals surface area contributed by atoms with Crippen molar-refractivity contribution < 1.29 is 4.74 Å². The maximum absolute atomic E-state index is 5.27. The molecule has 1 aliphatic heterocycles. The minimum Gasteiger partial charge on any atom is -0.496 e. The molecule has 1 heterocycles. The Kier molecular flexibility index (Phi) is 3.58. The van der Waals surface area contributed by atoms with Crippen molar-refractivity contribution in [3.05, 3.63) is 29.8 Å². The van der Waals surface area contributed by atoms with E-state index < -0.39 is 0 Å². The summed E-state index contributed by atoms with van der Waals surface area (Å²) in [6, 6.07) is 8.24. The molecule has 1 saturated heterocycles. The van der Waals surface area contributed by atoms with Crippen molar-refractivity contribution in [2.24, 2.45) is 0 Å². The van der Waals surface area contributed by atoms with Crippen LogP contribution in [0.4, 0.5) is 0 Å². The van der Waals surface area contributed by atoms with E-state index in [1.807, 2.05) is 12.1 Å². The molecule has 2 rings (SSSR count). The average molecular weight is 200 g/mol. The Labute approximate surface area is 84.7 Å². The monoisotopic (exact) mass is 199 g/mol. The Morgan fingerprint density at radius 2 is 2.00 bits per heavy atom. The van der Waals surface area contributed by atoms with Crippen LogP contribution in [0, 0.1) is 0 Å². The standard InChI is InChI=1S/C10H13NO.ClH/c1-12-10-5-3-2-4-9(10)8-6-11-7-8;/h2-5,8,11H,6-7H2,1H3;1H. The van der Waals surface area contributed by atoms with Gasteiger partial charge in [-0.1, -0.05) is 18.2 Å². The molecule has 0 bridgehead atoms. The molecule has 0 spiro atoms. The van der Waals surface area contributed by atoms with Gasteiger partial charge in [0, 0.05) is 19.0 Å². The van der Waals surface area contributed by atoms with Gasteiger partial charge in [-0.15, -0.1) is 12.4 Å². The van der Waals surface area contributed by atoms with E-state index in [-0.39, 0.29) is 12.4 Å². The molecule has 0 aromatic heterocycles. The topological polar surface area (TPSA) is 21.3 Å². The summed E-state index contributed by atoms with van der Waals surface area (Å²) >= 11 is 0. The van der Waals surface area contributed by atoms with Crippen LogP contribution in [-0.2, 0) is 0 Å². The second-order valence-electron chi connectivity index (χ2n) is 3.10. The minimum atomic E-state index is 0. The summed E-state index contributed by atoms with van der Waals surface area (Å²) in [6.07, 6.45) is 0. The lowest BCUT2D eigenvalue weighted by atomic mass is 9.93. The van der Waals surface area contributed by atoms with Gasteiger partial charge in [0.25, 0.3) is 0 Å². The van der Waals surface area contributed by atoms with E-state index in [1.54, 1.807) is 7.11 Å². The second-order valence-corrected chi connectivity index (χ2v) is 3.10. The van der Waals surface area contributed by atoms with Crippen molar-refractivity contribution in [1.29, 1.82) is 0 Å². The van der Waals surface area contributed by atoms with Gasteiger partial charge in [-0.25, -0.2) is 0 Å². The summed E-state index contributed by atoms with van der Waals surface area (Å²) in [5, 5.41) is 3.26. The van der Waals surface area contributed by atoms with E-state index in [0.29, 0.717) is 5.92 Å². The molecule has 0 aliphatic carbocycles. The smallest absolute Gasteiger partial charge is 0.122 e. The number of benzene rings is 1. The van der Waals surface area contributed by atoms with Gasteiger partial charge in [-0.05, 0) is 11.6 Å². The SMILES string of the molecule is COc1ccccc1C1CNC1.Cl. The van der Waals surface area contributed by atoms with Crippen molar-refractivity contribution in [1.82, 2.24) is 5.32 Å². The van der Waals surface area contributed by atoms with Crippen molar-refractivity contribution in [3.8, 4) is 5.75 Å². The molecule has 1 aromatic carbocycles. The molecule has 13 heavy (non-hydrogen) atoms. The summed E-state index contributed by atoms with van der Waals surface area (Å²) in [7, 11) is 1.73. The molecule has 2 nitrogen and oxygen atoms in total. The molecule has 1 aliphatic rings. The van der Waals surface area contributed by atoms with Gasteiger partial charge in [0.2, 0.25) is 0 Å². The fourth-order valence-electron chi connectivity index (χ4n) is 1.51. The van der Waals surface area contributed by atoms with Crippen LogP contribution >= 0.6 is 12.4 Å². The van der Waals surface area contributed by atoms with E-state index in [2.05, 4.69) is 17.4 Å². The predicted octanol–water partition coefficient (Wildman–Crippen LogP) is 1.80. The van der Waals surface area contributed by atoms with Crippen LogP contribution < -0.4 is 10.1 Å². The highest BCUT2D eigenvalue weighted by Gasteiger charge is 2.21. The van der Waals surface area contributed by atoms with E-state index in [1.165, 1.54) is 5.56 Å². The zero-order valence-corrected chi connectivity index (χ0v) is 8.43. The predicted molar refractivity (Wildman–Crippen MR) is 55.9 cm³/mol. The molecular weight excluding hydrogens is 186 g/mol. The molecule has 1 aromatic rings. The highest BCUT2D eigenvalue weighted by molar-refractivity contribution is 5.85. The number of rotatable bonds is 2. The van der Waals surface area contributed by atoms with Crippen molar-refractivity contribution in [3.63, 3.8) is 0 Å². The third kappa shape index (κ3) is 1.95. The van der Waals surface area contributed by atoms with Crippen LogP contribution in [-0.4, -0.2) is 20.2 Å². The van der Waals surface area contributed by atoms with Gasteiger partial charge in [0.1, 0.15) is 5.75 Å². The van der Waals surface area contributed by atoms with Crippen LogP contribution in [0.5, 0.6) is 5.75 Å². The van der Waals surface area contributed by atoms with E-state index in [9.17, 15) is 0 Å². The van der Waals surface area contributed by atoms with Crippen LogP contribution in [0.3, 0.4) is 0 Å². The lowest BCUT2D eigenvalue weighted by Crippen LogP contribution is -2.39. The van der Waals surface area contributed by atoms with Crippen molar-refractivity contribution >= 4 is 12.4 Å². The first-order valence-electron chi connectivity index (χ1n) is 4.25. The molecule has 1 fully saturated rings. The Balaban J connectivity index is 0.000000845. The van der Waals surface area contributed by atoms with E-state index >= 15 is 0 Å². The summed E-state index contributed by atoms with van der Waals surface area (Å²) in [5.41, 5.74) is 1.33. The lowest BCUT2D eigenvalue weighted by molar-refractivity contribution is 0.385. The zero-order chi connectivity index (χ0) is 8.39. The van der Waals surface area contributed by atoms with Crippen LogP contribution in [0.2, 0.25) is 0 Å². The normalized spacial score (nSPS) is 15.8. The summed E-state index contributed by atoms with van der Waals surface area (Å²) < 4.78 is 5.27. The molecule has 1 N–H and O–H groups in total. The Hall–Kier alpha value is -0.730. The molecule has 72 valence electrons. The Morgan fingerprint density at radius 1 is 1.31 bits per heavy atom. The summed E-state index contributed by atoms with van der Waals surface area (Å²) in [6.45, 7) is 2.17. The van der Waals surface area contributed by atoms with Gasteiger partial charge in [-0.2, -0.15) is 0 Å². The maximum Gasteiger partial charge on any atom is 0.122 e. The van der Waals surface area contributed by atoms with Crippen LogP contribution in [0.15, 0.2) is 24.3 Å².